The standard InChI is InChI=1S/C19H20ClNO3/c1-3-18(22)15-6-10-17(11-7-15)24-12-19(23)21-13(2)14-4-8-16(20)9-5-14/h4-11,13H,3,12H2,1-2H3,(H,21,23). The van der Waals surface area contributed by atoms with Gasteiger partial charge in [-0.3, -0.25) is 9.59 Å². The van der Waals surface area contributed by atoms with Crippen molar-refractivity contribution in [3.8, 4) is 5.75 Å². The quantitative estimate of drug-likeness (QED) is 0.765. The molecule has 24 heavy (non-hydrogen) atoms. The SMILES string of the molecule is CCC(=O)c1ccc(OCC(=O)NC(C)c2ccc(Cl)cc2)cc1. The van der Waals surface area contributed by atoms with Crippen molar-refractivity contribution in [1.82, 2.24) is 5.32 Å². The first-order chi connectivity index (χ1) is 11.5. The third-order valence-corrected chi connectivity index (χ3v) is 3.87. The lowest BCUT2D eigenvalue weighted by Gasteiger charge is -2.15. The zero-order chi connectivity index (χ0) is 17.5. The molecule has 0 spiro atoms. The summed E-state index contributed by atoms with van der Waals surface area (Å²) in [5, 5.41) is 3.52. The number of Topliss-reactive ketones (excluding diaryl/α,β-unsaturated/α-hetero) is 1. The van der Waals surface area contributed by atoms with Gasteiger partial charge in [-0.25, -0.2) is 0 Å². The first-order valence-electron chi connectivity index (χ1n) is 7.80. The van der Waals surface area contributed by atoms with Crippen LogP contribution < -0.4 is 10.1 Å². The van der Waals surface area contributed by atoms with Crippen LogP contribution >= 0.6 is 11.6 Å². The average molecular weight is 346 g/mol. The fourth-order valence-corrected chi connectivity index (χ4v) is 2.33. The van der Waals surface area contributed by atoms with E-state index in [9.17, 15) is 9.59 Å². The number of halogens is 1. The molecule has 0 saturated heterocycles. The predicted octanol–water partition coefficient (Wildman–Crippen LogP) is 4.19. The number of nitrogens with one attached hydrogen (secondary N) is 1. The van der Waals surface area contributed by atoms with Crippen LogP contribution in [0, 0.1) is 0 Å². The Bertz CT molecular complexity index is 696. The lowest BCUT2D eigenvalue weighted by molar-refractivity contribution is -0.123. The molecule has 2 aromatic carbocycles. The van der Waals surface area contributed by atoms with Crippen molar-refractivity contribution in [2.75, 3.05) is 6.61 Å². The fourth-order valence-electron chi connectivity index (χ4n) is 2.21. The van der Waals surface area contributed by atoms with E-state index in [4.69, 9.17) is 16.3 Å². The van der Waals surface area contributed by atoms with E-state index >= 15 is 0 Å². The number of hydrogen-bond donors (Lipinski definition) is 1. The molecule has 2 aromatic rings. The molecule has 1 N–H and O–H groups in total. The molecule has 5 heteroatoms. The van der Waals surface area contributed by atoms with Crippen molar-refractivity contribution in [2.45, 2.75) is 26.3 Å². The first-order valence-corrected chi connectivity index (χ1v) is 8.18. The Morgan fingerprint density at radius 1 is 1.08 bits per heavy atom. The highest BCUT2D eigenvalue weighted by Gasteiger charge is 2.10. The van der Waals surface area contributed by atoms with Gasteiger partial charge in [0.2, 0.25) is 0 Å². The third-order valence-electron chi connectivity index (χ3n) is 3.61. The van der Waals surface area contributed by atoms with Crippen LogP contribution in [0.2, 0.25) is 5.02 Å². The highest BCUT2D eigenvalue weighted by Crippen LogP contribution is 2.16. The van der Waals surface area contributed by atoms with Gasteiger partial charge in [-0.1, -0.05) is 30.7 Å². The lowest BCUT2D eigenvalue weighted by atomic mass is 10.1. The Morgan fingerprint density at radius 3 is 2.29 bits per heavy atom. The molecule has 0 aromatic heterocycles. The van der Waals surface area contributed by atoms with Gasteiger partial charge in [0, 0.05) is 17.0 Å². The van der Waals surface area contributed by atoms with Crippen LogP contribution in [-0.4, -0.2) is 18.3 Å². The van der Waals surface area contributed by atoms with Gasteiger partial charge in [0.05, 0.1) is 6.04 Å². The molecule has 4 nitrogen and oxygen atoms in total. The molecule has 1 atom stereocenters. The maximum absolute atomic E-state index is 12.0. The van der Waals surface area contributed by atoms with Gasteiger partial charge in [-0.2, -0.15) is 0 Å². The highest BCUT2D eigenvalue weighted by atomic mass is 35.5. The molecule has 0 aliphatic rings. The fraction of sp³-hybridized carbons (Fsp3) is 0.263. The molecule has 0 aliphatic carbocycles. The number of amides is 1. The second-order valence-corrected chi connectivity index (χ2v) is 5.87. The number of rotatable bonds is 7. The van der Waals surface area contributed by atoms with E-state index in [1.165, 1.54) is 0 Å². The van der Waals surface area contributed by atoms with Gasteiger partial charge in [0.25, 0.3) is 5.91 Å². The van der Waals surface area contributed by atoms with Crippen molar-refractivity contribution in [3.63, 3.8) is 0 Å². The second-order valence-electron chi connectivity index (χ2n) is 5.43. The van der Waals surface area contributed by atoms with Crippen LogP contribution in [0.1, 0.15) is 42.2 Å². The molecule has 0 bridgehead atoms. The molecular formula is C19H20ClNO3. The van der Waals surface area contributed by atoms with Crippen LogP contribution in [0.5, 0.6) is 5.75 Å². The van der Waals surface area contributed by atoms with Crippen molar-refractivity contribution in [2.24, 2.45) is 0 Å². The molecule has 0 fully saturated rings. The van der Waals surface area contributed by atoms with E-state index in [0.717, 1.165) is 5.56 Å². The number of ketones is 1. The zero-order valence-corrected chi connectivity index (χ0v) is 14.5. The van der Waals surface area contributed by atoms with Gasteiger partial charge < -0.3 is 10.1 Å². The summed E-state index contributed by atoms with van der Waals surface area (Å²) in [6.45, 7) is 3.63. The first kappa shape index (κ1) is 18.0. The van der Waals surface area contributed by atoms with Gasteiger partial charge >= 0.3 is 0 Å². The van der Waals surface area contributed by atoms with Crippen molar-refractivity contribution >= 4 is 23.3 Å². The summed E-state index contributed by atoms with van der Waals surface area (Å²) in [6, 6.07) is 14.0. The summed E-state index contributed by atoms with van der Waals surface area (Å²) in [5.74, 6) is 0.416. The Balaban J connectivity index is 1.84. The summed E-state index contributed by atoms with van der Waals surface area (Å²) in [4.78, 5) is 23.5. The maximum Gasteiger partial charge on any atom is 0.258 e. The summed E-state index contributed by atoms with van der Waals surface area (Å²) >= 11 is 5.85. The molecule has 0 saturated carbocycles. The van der Waals surface area contributed by atoms with Crippen molar-refractivity contribution in [3.05, 3.63) is 64.7 Å². The van der Waals surface area contributed by atoms with E-state index in [-0.39, 0.29) is 24.3 Å². The highest BCUT2D eigenvalue weighted by molar-refractivity contribution is 6.30. The van der Waals surface area contributed by atoms with E-state index in [1.807, 2.05) is 26.0 Å². The zero-order valence-electron chi connectivity index (χ0n) is 13.7. The topological polar surface area (TPSA) is 55.4 Å². The van der Waals surface area contributed by atoms with E-state index < -0.39 is 0 Å². The molecule has 0 heterocycles. The Morgan fingerprint density at radius 2 is 1.71 bits per heavy atom. The van der Waals surface area contributed by atoms with Gasteiger partial charge in [-0.15, -0.1) is 0 Å². The van der Waals surface area contributed by atoms with Crippen LogP contribution in [-0.2, 0) is 4.79 Å². The molecule has 1 amide bonds. The van der Waals surface area contributed by atoms with Gasteiger partial charge in [0.1, 0.15) is 5.75 Å². The van der Waals surface area contributed by atoms with Crippen LogP contribution in [0.25, 0.3) is 0 Å². The lowest BCUT2D eigenvalue weighted by Crippen LogP contribution is -2.31. The van der Waals surface area contributed by atoms with Crippen LogP contribution in [0.15, 0.2) is 48.5 Å². The van der Waals surface area contributed by atoms with E-state index in [0.29, 0.717) is 22.8 Å². The average Bonchev–Trinajstić information content (AvgIpc) is 2.60. The van der Waals surface area contributed by atoms with Crippen LogP contribution in [0.3, 0.4) is 0 Å². The van der Waals surface area contributed by atoms with Gasteiger partial charge in [-0.05, 0) is 48.9 Å². The number of ether oxygens (including phenoxy) is 1. The van der Waals surface area contributed by atoms with Gasteiger partial charge in [0.15, 0.2) is 12.4 Å². The minimum Gasteiger partial charge on any atom is -0.484 e. The van der Waals surface area contributed by atoms with Crippen LogP contribution in [0.4, 0.5) is 0 Å². The minimum absolute atomic E-state index is 0.0797. The molecule has 126 valence electrons. The minimum atomic E-state index is -0.217. The maximum atomic E-state index is 12.0. The Kier molecular flexibility index (Phi) is 6.38. The molecule has 1 unspecified atom stereocenters. The monoisotopic (exact) mass is 345 g/mol. The van der Waals surface area contributed by atoms with Crippen molar-refractivity contribution in [1.29, 1.82) is 0 Å². The van der Waals surface area contributed by atoms with Crippen molar-refractivity contribution < 1.29 is 14.3 Å². The molecular weight excluding hydrogens is 326 g/mol. The summed E-state index contributed by atoms with van der Waals surface area (Å²) in [6.07, 6.45) is 0.463. The number of carbonyl (C=O) groups is 2. The number of benzene rings is 2. The third kappa shape index (κ3) is 5.10. The molecule has 0 aliphatic heterocycles. The molecule has 2 rings (SSSR count). The largest absolute Gasteiger partial charge is 0.484 e. The van der Waals surface area contributed by atoms with E-state index in [2.05, 4.69) is 5.32 Å². The summed E-state index contributed by atoms with van der Waals surface area (Å²) < 4.78 is 5.45. The Hall–Kier alpha value is -2.33. The Labute approximate surface area is 146 Å². The summed E-state index contributed by atoms with van der Waals surface area (Å²) in [7, 11) is 0. The predicted molar refractivity (Wildman–Crippen MR) is 94.6 cm³/mol. The second kappa shape index (κ2) is 8.50. The number of hydrogen-bond acceptors (Lipinski definition) is 3. The smallest absolute Gasteiger partial charge is 0.258 e. The summed E-state index contributed by atoms with van der Waals surface area (Å²) in [5.41, 5.74) is 1.61. The normalized spacial score (nSPS) is 11.6. The van der Waals surface area contributed by atoms with E-state index in [1.54, 1.807) is 36.4 Å². The number of carbonyl (C=O) groups excluding carboxylic acids is 2. The molecule has 0 radical (unpaired) electrons.